The molecule has 1 fully saturated rings. The first-order valence-corrected chi connectivity index (χ1v) is 9.45. The Hall–Kier alpha value is -2.83. The van der Waals surface area contributed by atoms with E-state index in [-0.39, 0.29) is 11.4 Å². The number of halogens is 1. The Balaban J connectivity index is 1.69. The quantitative estimate of drug-likeness (QED) is 0.754. The number of H-pyrrole nitrogens is 1. The topological polar surface area (TPSA) is 58.2 Å². The number of rotatable bonds is 4. The molecule has 0 unspecified atom stereocenters. The Bertz CT molecular complexity index is 993. The van der Waals surface area contributed by atoms with E-state index < -0.39 is 0 Å². The van der Waals surface area contributed by atoms with Crippen LogP contribution < -0.4 is 5.56 Å². The predicted molar refractivity (Wildman–Crippen MR) is 106 cm³/mol. The van der Waals surface area contributed by atoms with Gasteiger partial charge in [0.2, 0.25) is 0 Å². The normalized spacial score (nSPS) is 15.3. The molecule has 0 atom stereocenters. The molecule has 28 heavy (non-hydrogen) atoms. The van der Waals surface area contributed by atoms with Crippen molar-refractivity contribution in [2.24, 2.45) is 0 Å². The minimum atomic E-state index is -0.319. The van der Waals surface area contributed by atoms with Gasteiger partial charge in [-0.3, -0.25) is 9.69 Å². The molecule has 4 rings (SSSR count). The second kappa shape index (κ2) is 8.46. The zero-order chi connectivity index (χ0) is 19.3. The van der Waals surface area contributed by atoms with Crippen LogP contribution in [0.5, 0.6) is 0 Å². The summed E-state index contributed by atoms with van der Waals surface area (Å²) in [5.74, 6) is 0.203. The van der Waals surface area contributed by atoms with Gasteiger partial charge in [-0.25, -0.2) is 9.37 Å². The molecule has 1 N–H and O–H groups in total. The molecular formula is C22H22FN3O2. The second-order valence-electron chi connectivity index (χ2n) is 6.89. The summed E-state index contributed by atoms with van der Waals surface area (Å²) in [5, 5.41) is 0. The smallest absolute Gasteiger partial charge is 0.251 e. The minimum Gasteiger partial charge on any atom is -0.380 e. The van der Waals surface area contributed by atoms with Crippen molar-refractivity contribution in [2.75, 3.05) is 26.3 Å². The average Bonchev–Trinajstić information content (AvgIpc) is 2.97. The van der Waals surface area contributed by atoms with Crippen LogP contribution in [0.15, 0.2) is 59.4 Å². The highest BCUT2D eigenvalue weighted by Crippen LogP contribution is 2.24. The van der Waals surface area contributed by atoms with Crippen molar-refractivity contribution < 1.29 is 9.13 Å². The van der Waals surface area contributed by atoms with Crippen LogP contribution in [-0.4, -0.2) is 41.2 Å². The van der Waals surface area contributed by atoms with E-state index in [1.807, 2.05) is 18.2 Å². The largest absolute Gasteiger partial charge is 0.380 e. The summed E-state index contributed by atoms with van der Waals surface area (Å²) in [4.78, 5) is 22.1. The Morgan fingerprint density at radius 2 is 1.89 bits per heavy atom. The lowest BCUT2D eigenvalue weighted by Gasteiger charge is -2.20. The van der Waals surface area contributed by atoms with Crippen LogP contribution in [0.1, 0.15) is 12.0 Å². The van der Waals surface area contributed by atoms with Crippen LogP contribution in [0.4, 0.5) is 4.39 Å². The zero-order valence-electron chi connectivity index (χ0n) is 15.5. The number of nitrogens with one attached hydrogen (secondary N) is 1. The summed E-state index contributed by atoms with van der Waals surface area (Å²) in [7, 11) is 0. The van der Waals surface area contributed by atoms with Gasteiger partial charge < -0.3 is 9.72 Å². The molecule has 1 saturated heterocycles. The van der Waals surface area contributed by atoms with Crippen LogP contribution in [0.25, 0.3) is 22.6 Å². The Kier molecular flexibility index (Phi) is 5.60. The maximum Gasteiger partial charge on any atom is 0.251 e. The fraction of sp³-hybridized carbons (Fsp3) is 0.273. The summed E-state index contributed by atoms with van der Waals surface area (Å²) in [6, 6.07) is 15.4. The van der Waals surface area contributed by atoms with Gasteiger partial charge in [0.25, 0.3) is 5.56 Å². The molecular weight excluding hydrogens is 357 g/mol. The van der Waals surface area contributed by atoms with Crippen LogP contribution in [0.2, 0.25) is 0 Å². The highest BCUT2D eigenvalue weighted by atomic mass is 19.1. The Morgan fingerprint density at radius 3 is 2.75 bits per heavy atom. The van der Waals surface area contributed by atoms with Gasteiger partial charge in [-0.1, -0.05) is 24.3 Å². The van der Waals surface area contributed by atoms with Gasteiger partial charge in [0.1, 0.15) is 11.6 Å². The SMILES string of the molecule is O=c1cc(-c2ccc(F)cc2)nc(-c2ccccc2CN2CCCOCC2)[nH]1. The second-order valence-corrected chi connectivity index (χ2v) is 6.89. The van der Waals surface area contributed by atoms with Gasteiger partial charge in [-0.05, 0) is 36.2 Å². The highest BCUT2D eigenvalue weighted by Gasteiger charge is 2.14. The Morgan fingerprint density at radius 1 is 1.07 bits per heavy atom. The molecule has 2 aromatic carbocycles. The maximum atomic E-state index is 13.2. The maximum absolute atomic E-state index is 13.2. The number of ether oxygens (including phenoxy) is 1. The predicted octanol–water partition coefficient (Wildman–Crippen LogP) is 3.47. The van der Waals surface area contributed by atoms with Crippen LogP contribution >= 0.6 is 0 Å². The number of hydrogen-bond acceptors (Lipinski definition) is 4. The molecule has 1 aliphatic rings. The van der Waals surface area contributed by atoms with Crippen molar-refractivity contribution >= 4 is 0 Å². The Labute approximate surface area is 162 Å². The molecule has 144 valence electrons. The van der Waals surface area contributed by atoms with Gasteiger partial charge in [0.05, 0.1) is 12.3 Å². The molecule has 0 saturated carbocycles. The van der Waals surface area contributed by atoms with Crippen LogP contribution in [0, 0.1) is 5.82 Å². The van der Waals surface area contributed by atoms with E-state index in [1.54, 1.807) is 12.1 Å². The summed E-state index contributed by atoms with van der Waals surface area (Å²) in [5.41, 5.74) is 2.99. The average molecular weight is 379 g/mol. The fourth-order valence-corrected chi connectivity index (χ4v) is 3.44. The molecule has 1 aliphatic heterocycles. The van der Waals surface area contributed by atoms with Crippen molar-refractivity contribution in [3.63, 3.8) is 0 Å². The van der Waals surface area contributed by atoms with Crippen molar-refractivity contribution in [1.29, 1.82) is 0 Å². The van der Waals surface area contributed by atoms with Crippen molar-refractivity contribution in [3.05, 3.63) is 76.3 Å². The van der Waals surface area contributed by atoms with E-state index >= 15 is 0 Å². The van der Waals surface area contributed by atoms with Gasteiger partial charge in [-0.15, -0.1) is 0 Å². The number of nitrogens with zero attached hydrogens (tertiary/aromatic N) is 2. The molecule has 0 spiro atoms. The minimum absolute atomic E-state index is 0.234. The van der Waals surface area contributed by atoms with Gasteiger partial charge in [-0.2, -0.15) is 0 Å². The molecule has 0 radical (unpaired) electrons. The molecule has 0 amide bonds. The lowest BCUT2D eigenvalue weighted by molar-refractivity contribution is 0.140. The lowest BCUT2D eigenvalue weighted by atomic mass is 10.1. The summed E-state index contributed by atoms with van der Waals surface area (Å²) >= 11 is 0. The van der Waals surface area contributed by atoms with Crippen LogP contribution in [0.3, 0.4) is 0 Å². The first kappa shape index (κ1) is 18.5. The summed E-state index contributed by atoms with van der Waals surface area (Å²) < 4.78 is 18.8. The van der Waals surface area contributed by atoms with E-state index in [9.17, 15) is 9.18 Å². The first-order valence-electron chi connectivity index (χ1n) is 9.45. The monoisotopic (exact) mass is 379 g/mol. The van der Waals surface area contributed by atoms with Gasteiger partial charge >= 0.3 is 0 Å². The number of aromatic nitrogens is 2. The van der Waals surface area contributed by atoms with E-state index in [0.717, 1.165) is 50.4 Å². The molecule has 5 nitrogen and oxygen atoms in total. The van der Waals surface area contributed by atoms with E-state index in [4.69, 9.17) is 4.74 Å². The fourth-order valence-electron chi connectivity index (χ4n) is 3.44. The molecule has 3 aromatic rings. The third kappa shape index (κ3) is 4.35. The molecule has 6 heteroatoms. The van der Waals surface area contributed by atoms with Crippen LogP contribution in [-0.2, 0) is 11.3 Å². The zero-order valence-corrected chi connectivity index (χ0v) is 15.5. The summed E-state index contributed by atoms with van der Waals surface area (Å²) in [6.45, 7) is 4.16. The third-order valence-corrected chi connectivity index (χ3v) is 4.86. The molecule has 0 aliphatic carbocycles. The molecule has 0 bridgehead atoms. The number of aromatic amines is 1. The van der Waals surface area contributed by atoms with Gasteiger partial charge in [0.15, 0.2) is 0 Å². The van der Waals surface area contributed by atoms with Crippen molar-refractivity contribution in [3.8, 4) is 22.6 Å². The van der Waals surface area contributed by atoms with E-state index in [1.165, 1.54) is 18.2 Å². The van der Waals surface area contributed by atoms with Crippen molar-refractivity contribution in [1.82, 2.24) is 14.9 Å². The number of benzene rings is 2. The highest BCUT2D eigenvalue weighted by molar-refractivity contribution is 5.65. The molecule has 1 aromatic heterocycles. The summed E-state index contributed by atoms with van der Waals surface area (Å²) in [6.07, 6.45) is 1.01. The van der Waals surface area contributed by atoms with E-state index in [2.05, 4.69) is 20.9 Å². The first-order chi connectivity index (χ1) is 13.7. The third-order valence-electron chi connectivity index (χ3n) is 4.86. The standard InChI is InChI=1S/C22H22FN3O2/c23-18-8-6-16(7-9-18)20-14-21(27)25-22(24-20)19-5-2-1-4-17(19)15-26-10-3-12-28-13-11-26/h1-2,4-9,14H,3,10-13,15H2,(H,24,25,27). The molecule has 2 heterocycles. The lowest BCUT2D eigenvalue weighted by Crippen LogP contribution is -2.26. The van der Waals surface area contributed by atoms with Gasteiger partial charge in [0, 0.05) is 43.4 Å². The van der Waals surface area contributed by atoms with E-state index in [0.29, 0.717) is 17.1 Å². The van der Waals surface area contributed by atoms with Crippen molar-refractivity contribution in [2.45, 2.75) is 13.0 Å². The number of hydrogen-bond donors (Lipinski definition) is 1.